The van der Waals surface area contributed by atoms with Crippen LogP contribution in [-0.4, -0.2) is 26.6 Å². The van der Waals surface area contributed by atoms with Crippen LogP contribution in [0.25, 0.3) is 0 Å². The predicted molar refractivity (Wildman–Crippen MR) is 60.3 cm³/mol. The number of nitrogens with zero attached hydrogens (tertiary/aromatic N) is 1. The highest BCUT2D eigenvalue weighted by Gasteiger charge is 2.13. The fourth-order valence-electron chi connectivity index (χ4n) is 1.82. The second-order valence-electron chi connectivity index (χ2n) is 3.43. The summed E-state index contributed by atoms with van der Waals surface area (Å²) in [4.78, 5) is 0. The maximum absolute atomic E-state index is 2.72. The minimum absolute atomic E-state index is 0.512. The topological polar surface area (TPSA) is 3.24 Å². The molecule has 0 radical (unpaired) electrons. The molecule has 0 aliphatic heterocycles. The molecule has 0 rings (SSSR count). The minimum Gasteiger partial charge on any atom is -0.327 e. The maximum atomic E-state index is 2.72. The highest BCUT2D eigenvalue weighted by atomic mass is 28.3. The van der Waals surface area contributed by atoms with Crippen LogP contribution in [0.2, 0.25) is 12.1 Å². The van der Waals surface area contributed by atoms with Gasteiger partial charge in [0.1, 0.15) is 8.96 Å². The predicted octanol–water partition coefficient (Wildman–Crippen LogP) is 2.87. The Balaban J connectivity index is 3.75. The molecule has 12 heavy (non-hydrogen) atoms. The van der Waals surface area contributed by atoms with E-state index in [4.69, 9.17) is 0 Å². The SMILES string of the molecule is CCCC[SiH](CC)N(CC)CC. The van der Waals surface area contributed by atoms with E-state index < -0.39 is 8.96 Å². The lowest BCUT2D eigenvalue weighted by Crippen LogP contribution is -2.38. The fourth-order valence-corrected chi connectivity index (χ4v) is 5.03. The van der Waals surface area contributed by atoms with E-state index in [-0.39, 0.29) is 0 Å². The summed E-state index contributed by atoms with van der Waals surface area (Å²) in [5.74, 6) is 0. The van der Waals surface area contributed by atoms with Crippen molar-refractivity contribution < 1.29 is 0 Å². The van der Waals surface area contributed by atoms with E-state index in [1.54, 1.807) is 0 Å². The molecule has 0 saturated heterocycles. The Morgan fingerprint density at radius 3 is 1.92 bits per heavy atom. The zero-order chi connectivity index (χ0) is 9.40. The Kier molecular flexibility index (Phi) is 7.92. The summed E-state index contributed by atoms with van der Waals surface area (Å²) >= 11 is 0. The molecule has 0 aromatic carbocycles. The zero-order valence-corrected chi connectivity index (χ0v) is 10.4. The lowest BCUT2D eigenvalue weighted by atomic mass is 10.4. The van der Waals surface area contributed by atoms with Crippen LogP contribution in [0, 0.1) is 0 Å². The molecule has 0 aromatic rings. The molecule has 0 amide bonds. The first-order valence-electron chi connectivity index (χ1n) is 5.54. The molecule has 1 nitrogen and oxygen atoms in total. The van der Waals surface area contributed by atoms with E-state index in [0.717, 1.165) is 0 Å². The average Bonchev–Trinajstić information content (AvgIpc) is 2.12. The summed E-state index contributed by atoms with van der Waals surface area (Å²) in [7, 11) is -0.512. The molecule has 0 heterocycles. The smallest absolute Gasteiger partial charge is 0.111 e. The number of unbranched alkanes of at least 4 members (excludes halogenated alkanes) is 1. The minimum atomic E-state index is -0.512. The van der Waals surface area contributed by atoms with Gasteiger partial charge in [-0.2, -0.15) is 0 Å². The summed E-state index contributed by atoms with van der Waals surface area (Å²) in [5, 5.41) is 0. The van der Waals surface area contributed by atoms with Crippen molar-refractivity contribution in [3.05, 3.63) is 0 Å². The van der Waals surface area contributed by atoms with E-state index in [0.29, 0.717) is 0 Å². The zero-order valence-electron chi connectivity index (χ0n) is 9.27. The highest BCUT2D eigenvalue weighted by Crippen LogP contribution is 2.09. The first-order valence-corrected chi connectivity index (χ1v) is 7.68. The van der Waals surface area contributed by atoms with Crippen molar-refractivity contribution in [3.63, 3.8) is 0 Å². The van der Waals surface area contributed by atoms with Crippen LogP contribution in [0.3, 0.4) is 0 Å². The number of hydrogen-bond acceptors (Lipinski definition) is 1. The van der Waals surface area contributed by atoms with Gasteiger partial charge in [0.2, 0.25) is 0 Å². The number of hydrogen-bond donors (Lipinski definition) is 0. The molecule has 0 aliphatic carbocycles. The Hall–Kier alpha value is 0.177. The molecule has 0 saturated carbocycles. The molecular weight excluding hydrogens is 162 g/mol. The molecule has 2 heteroatoms. The van der Waals surface area contributed by atoms with Gasteiger partial charge in [-0.05, 0) is 25.2 Å². The molecule has 0 spiro atoms. The molecule has 1 unspecified atom stereocenters. The normalized spacial score (nSPS) is 13.8. The van der Waals surface area contributed by atoms with E-state index in [1.807, 2.05) is 0 Å². The van der Waals surface area contributed by atoms with Crippen molar-refractivity contribution in [3.8, 4) is 0 Å². The van der Waals surface area contributed by atoms with E-state index in [2.05, 4.69) is 32.3 Å². The van der Waals surface area contributed by atoms with Crippen LogP contribution < -0.4 is 0 Å². The molecular formula is C10H25NSi. The third kappa shape index (κ3) is 4.26. The summed E-state index contributed by atoms with van der Waals surface area (Å²) in [5.41, 5.74) is 0. The van der Waals surface area contributed by atoms with Crippen molar-refractivity contribution in [1.29, 1.82) is 0 Å². The van der Waals surface area contributed by atoms with Gasteiger partial charge in [0.25, 0.3) is 0 Å². The van der Waals surface area contributed by atoms with Crippen molar-refractivity contribution in [2.45, 2.75) is 52.6 Å². The highest BCUT2D eigenvalue weighted by molar-refractivity contribution is 6.55. The Bertz CT molecular complexity index is 91.8. The largest absolute Gasteiger partial charge is 0.327 e. The van der Waals surface area contributed by atoms with Gasteiger partial charge in [0.15, 0.2) is 0 Å². The van der Waals surface area contributed by atoms with Gasteiger partial charge in [-0.15, -0.1) is 0 Å². The van der Waals surface area contributed by atoms with Crippen LogP contribution >= 0.6 is 0 Å². The van der Waals surface area contributed by atoms with Crippen LogP contribution in [0.4, 0.5) is 0 Å². The van der Waals surface area contributed by atoms with Crippen molar-refractivity contribution >= 4 is 8.96 Å². The molecule has 0 aromatic heterocycles. The van der Waals surface area contributed by atoms with Gasteiger partial charge >= 0.3 is 0 Å². The Morgan fingerprint density at radius 1 is 1.00 bits per heavy atom. The van der Waals surface area contributed by atoms with Crippen LogP contribution in [0.1, 0.15) is 40.5 Å². The van der Waals surface area contributed by atoms with Crippen molar-refractivity contribution in [2.24, 2.45) is 0 Å². The summed E-state index contributed by atoms with van der Waals surface area (Å²) in [6, 6.07) is 2.97. The molecule has 0 aliphatic rings. The molecule has 0 bridgehead atoms. The third-order valence-corrected chi connectivity index (χ3v) is 6.47. The van der Waals surface area contributed by atoms with E-state index in [1.165, 1.54) is 38.0 Å². The van der Waals surface area contributed by atoms with Gasteiger partial charge in [0.05, 0.1) is 0 Å². The van der Waals surface area contributed by atoms with Crippen LogP contribution in [0.5, 0.6) is 0 Å². The van der Waals surface area contributed by atoms with Gasteiger partial charge in [-0.1, -0.05) is 40.5 Å². The quantitative estimate of drug-likeness (QED) is 0.554. The lowest BCUT2D eigenvalue weighted by Gasteiger charge is -2.27. The molecule has 1 atom stereocenters. The first-order chi connectivity index (χ1) is 5.79. The van der Waals surface area contributed by atoms with Gasteiger partial charge in [-0.25, -0.2) is 0 Å². The molecule has 0 N–H and O–H groups in total. The fraction of sp³-hybridized carbons (Fsp3) is 1.00. The van der Waals surface area contributed by atoms with Crippen molar-refractivity contribution in [1.82, 2.24) is 4.57 Å². The monoisotopic (exact) mass is 187 g/mol. The average molecular weight is 187 g/mol. The van der Waals surface area contributed by atoms with E-state index >= 15 is 0 Å². The van der Waals surface area contributed by atoms with Crippen molar-refractivity contribution in [2.75, 3.05) is 13.1 Å². The second-order valence-corrected chi connectivity index (χ2v) is 6.86. The Morgan fingerprint density at radius 2 is 1.58 bits per heavy atom. The van der Waals surface area contributed by atoms with Gasteiger partial charge < -0.3 is 4.57 Å². The first kappa shape index (κ1) is 12.2. The van der Waals surface area contributed by atoms with Gasteiger partial charge in [-0.3, -0.25) is 0 Å². The van der Waals surface area contributed by atoms with Crippen LogP contribution in [-0.2, 0) is 0 Å². The summed E-state index contributed by atoms with van der Waals surface area (Å²) in [6.45, 7) is 11.8. The summed E-state index contributed by atoms with van der Waals surface area (Å²) < 4.78 is 2.72. The van der Waals surface area contributed by atoms with E-state index in [9.17, 15) is 0 Å². The molecule has 0 fully saturated rings. The Labute approximate surface area is 79.8 Å². The summed E-state index contributed by atoms with van der Waals surface area (Å²) in [6.07, 6.45) is 2.81. The van der Waals surface area contributed by atoms with Crippen LogP contribution in [0.15, 0.2) is 0 Å². The van der Waals surface area contributed by atoms with Gasteiger partial charge in [0, 0.05) is 0 Å². The maximum Gasteiger partial charge on any atom is 0.111 e. The second kappa shape index (κ2) is 7.81. The molecule has 74 valence electrons. The number of rotatable bonds is 7. The third-order valence-electron chi connectivity index (χ3n) is 2.69. The standard InChI is InChI=1S/C10H25NSi/c1-5-9-10-12(8-4)11(6-2)7-3/h12H,5-10H2,1-4H3. The lowest BCUT2D eigenvalue weighted by molar-refractivity contribution is 0.473.